The van der Waals surface area contributed by atoms with Crippen molar-refractivity contribution in [3.8, 4) is 0 Å². The predicted octanol–water partition coefficient (Wildman–Crippen LogP) is 3.72. The fourth-order valence-corrected chi connectivity index (χ4v) is 4.23. The van der Waals surface area contributed by atoms with E-state index >= 15 is 0 Å². The second-order valence-corrected chi connectivity index (χ2v) is 7.52. The molecule has 2 aliphatic rings. The molecule has 0 amide bonds. The van der Waals surface area contributed by atoms with E-state index in [9.17, 15) is 0 Å². The highest BCUT2D eigenvalue weighted by Gasteiger charge is 2.39. The SMILES string of the molecule is CC(C)CCN1Cc2cc(N)cc3c2C(C)(CCC3)C1. The molecule has 0 bridgehead atoms. The minimum Gasteiger partial charge on any atom is -0.399 e. The molecule has 20 heavy (non-hydrogen) atoms. The van der Waals surface area contributed by atoms with E-state index in [-0.39, 0.29) is 0 Å². The van der Waals surface area contributed by atoms with E-state index in [1.165, 1.54) is 49.9 Å². The first-order chi connectivity index (χ1) is 9.48. The molecule has 1 aromatic rings. The lowest BCUT2D eigenvalue weighted by Crippen LogP contribution is -2.46. The van der Waals surface area contributed by atoms with Crippen LogP contribution in [0.15, 0.2) is 12.1 Å². The Hall–Kier alpha value is -1.02. The van der Waals surface area contributed by atoms with Crippen LogP contribution in [-0.2, 0) is 18.4 Å². The lowest BCUT2D eigenvalue weighted by Gasteiger charge is -2.46. The van der Waals surface area contributed by atoms with Crippen LogP contribution in [0.3, 0.4) is 0 Å². The molecule has 1 aliphatic heterocycles. The Kier molecular flexibility index (Phi) is 3.53. The van der Waals surface area contributed by atoms with Crippen LogP contribution in [0.5, 0.6) is 0 Å². The first-order valence-corrected chi connectivity index (χ1v) is 8.12. The summed E-state index contributed by atoms with van der Waals surface area (Å²) in [5.41, 5.74) is 12.1. The summed E-state index contributed by atoms with van der Waals surface area (Å²) in [4.78, 5) is 2.65. The molecular weight excluding hydrogens is 244 g/mol. The molecule has 1 unspecified atom stereocenters. The molecule has 1 aromatic carbocycles. The predicted molar refractivity (Wildman–Crippen MR) is 85.9 cm³/mol. The molecule has 110 valence electrons. The largest absolute Gasteiger partial charge is 0.399 e. The number of nitrogen functional groups attached to an aromatic ring is 1. The first kappa shape index (κ1) is 13.9. The second kappa shape index (κ2) is 5.07. The molecule has 0 radical (unpaired) electrons. The highest BCUT2D eigenvalue weighted by molar-refractivity contribution is 5.54. The summed E-state index contributed by atoms with van der Waals surface area (Å²) < 4.78 is 0. The fraction of sp³-hybridized carbons (Fsp3) is 0.667. The molecule has 2 heteroatoms. The number of nitrogens with two attached hydrogens (primary N) is 1. The normalized spacial score (nSPS) is 25.8. The van der Waals surface area contributed by atoms with Gasteiger partial charge < -0.3 is 5.73 Å². The molecule has 1 aliphatic carbocycles. The van der Waals surface area contributed by atoms with Gasteiger partial charge in [0.2, 0.25) is 0 Å². The van der Waals surface area contributed by atoms with Gasteiger partial charge in [-0.1, -0.05) is 20.8 Å². The third kappa shape index (κ3) is 2.46. The minimum atomic E-state index is 0.353. The summed E-state index contributed by atoms with van der Waals surface area (Å²) in [6.07, 6.45) is 5.15. The Balaban J connectivity index is 1.93. The molecule has 0 fully saturated rings. The summed E-state index contributed by atoms with van der Waals surface area (Å²) in [7, 11) is 0. The van der Waals surface area contributed by atoms with Gasteiger partial charge in [0.1, 0.15) is 0 Å². The van der Waals surface area contributed by atoms with Gasteiger partial charge in [-0.15, -0.1) is 0 Å². The molecule has 0 spiro atoms. The molecular formula is C18H28N2. The third-order valence-electron chi connectivity index (χ3n) is 5.09. The van der Waals surface area contributed by atoms with Gasteiger partial charge in [0.15, 0.2) is 0 Å². The van der Waals surface area contributed by atoms with Crippen LogP contribution in [0.1, 0.15) is 56.7 Å². The maximum absolute atomic E-state index is 6.12. The van der Waals surface area contributed by atoms with Crippen molar-refractivity contribution >= 4 is 5.69 Å². The molecule has 2 nitrogen and oxygen atoms in total. The number of benzene rings is 1. The quantitative estimate of drug-likeness (QED) is 0.850. The summed E-state index contributed by atoms with van der Waals surface area (Å²) in [6.45, 7) is 10.6. The lowest BCUT2D eigenvalue weighted by molar-refractivity contribution is 0.162. The molecule has 2 N–H and O–H groups in total. The number of nitrogens with zero attached hydrogens (tertiary/aromatic N) is 1. The van der Waals surface area contributed by atoms with Crippen LogP contribution in [-0.4, -0.2) is 18.0 Å². The van der Waals surface area contributed by atoms with Crippen molar-refractivity contribution in [2.24, 2.45) is 5.92 Å². The zero-order chi connectivity index (χ0) is 14.3. The summed E-state index contributed by atoms with van der Waals surface area (Å²) in [6, 6.07) is 4.45. The van der Waals surface area contributed by atoms with Crippen LogP contribution in [0, 0.1) is 5.92 Å². The molecule has 1 heterocycles. The van der Waals surface area contributed by atoms with E-state index in [2.05, 4.69) is 37.8 Å². The fourth-order valence-electron chi connectivity index (χ4n) is 4.23. The van der Waals surface area contributed by atoms with Crippen molar-refractivity contribution in [3.05, 3.63) is 28.8 Å². The Morgan fingerprint density at radius 3 is 2.80 bits per heavy atom. The highest BCUT2D eigenvalue weighted by Crippen LogP contribution is 2.44. The van der Waals surface area contributed by atoms with Crippen LogP contribution >= 0.6 is 0 Å². The van der Waals surface area contributed by atoms with Crippen molar-refractivity contribution in [2.45, 2.75) is 58.4 Å². The zero-order valence-electron chi connectivity index (χ0n) is 13.2. The molecule has 3 rings (SSSR count). The van der Waals surface area contributed by atoms with E-state index in [0.717, 1.165) is 18.2 Å². The standard InChI is InChI=1S/C18H28N2/c1-13(2)6-8-20-11-15-10-16(19)9-14-5-4-7-18(3,12-20)17(14)15/h9-10,13H,4-8,11-12,19H2,1-3H3. The number of anilines is 1. The van der Waals surface area contributed by atoms with Gasteiger partial charge in [0, 0.05) is 24.2 Å². The Morgan fingerprint density at radius 1 is 1.30 bits per heavy atom. The van der Waals surface area contributed by atoms with Gasteiger partial charge in [-0.05, 0) is 67.0 Å². The number of hydrogen-bond donors (Lipinski definition) is 1. The molecule has 1 atom stereocenters. The number of aryl methyl sites for hydroxylation is 1. The van der Waals surface area contributed by atoms with Gasteiger partial charge in [-0.2, -0.15) is 0 Å². The maximum Gasteiger partial charge on any atom is 0.0320 e. The third-order valence-corrected chi connectivity index (χ3v) is 5.09. The Labute approximate surface area is 123 Å². The first-order valence-electron chi connectivity index (χ1n) is 8.12. The van der Waals surface area contributed by atoms with Crippen molar-refractivity contribution in [3.63, 3.8) is 0 Å². The zero-order valence-corrected chi connectivity index (χ0v) is 13.2. The average molecular weight is 272 g/mol. The lowest BCUT2D eigenvalue weighted by atomic mass is 9.67. The van der Waals surface area contributed by atoms with Gasteiger partial charge in [-0.3, -0.25) is 4.90 Å². The maximum atomic E-state index is 6.12. The minimum absolute atomic E-state index is 0.353. The van der Waals surface area contributed by atoms with E-state index in [4.69, 9.17) is 5.73 Å². The molecule has 0 saturated heterocycles. The average Bonchev–Trinajstić information content (AvgIpc) is 2.35. The van der Waals surface area contributed by atoms with Crippen molar-refractivity contribution in [2.75, 3.05) is 18.8 Å². The second-order valence-electron chi connectivity index (χ2n) is 7.52. The van der Waals surface area contributed by atoms with E-state index in [0.29, 0.717) is 5.41 Å². The number of hydrogen-bond acceptors (Lipinski definition) is 2. The highest BCUT2D eigenvalue weighted by atomic mass is 15.1. The van der Waals surface area contributed by atoms with Crippen LogP contribution in [0.4, 0.5) is 5.69 Å². The smallest absolute Gasteiger partial charge is 0.0320 e. The van der Waals surface area contributed by atoms with Crippen molar-refractivity contribution in [1.82, 2.24) is 4.90 Å². The van der Waals surface area contributed by atoms with Gasteiger partial charge in [0.05, 0.1) is 0 Å². The van der Waals surface area contributed by atoms with Crippen LogP contribution in [0.25, 0.3) is 0 Å². The number of rotatable bonds is 3. The summed E-state index contributed by atoms with van der Waals surface area (Å²) >= 11 is 0. The summed E-state index contributed by atoms with van der Waals surface area (Å²) in [5.74, 6) is 0.784. The topological polar surface area (TPSA) is 29.3 Å². The van der Waals surface area contributed by atoms with E-state index < -0.39 is 0 Å². The van der Waals surface area contributed by atoms with E-state index in [1.54, 1.807) is 5.56 Å². The van der Waals surface area contributed by atoms with Gasteiger partial charge in [0.25, 0.3) is 0 Å². The monoisotopic (exact) mass is 272 g/mol. The Morgan fingerprint density at radius 2 is 2.05 bits per heavy atom. The summed E-state index contributed by atoms with van der Waals surface area (Å²) in [5, 5.41) is 0. The molecule has 0 aromatic heterocycles. The Bertz CT molecular complexity index is 506. The van der Waals surface area contributed by atoms with Crippen molar-refractivity contribution < 1.29 is 0 Å². The van der Waals surface area contributed by atoms with Gasteiger partial charge >= 0.3 is 0 Å². The van der Waals surface area contributed by atoms with Crippen molar-refractivity contribution in [1.29, 1.82) is 0 Å². The van der Waals surface area contributed by atoms with Crippen LogP contribution in [0.2, 0.25) is 0 Å². The van der Waals surface area contributed by atoms with Crippen LogP contribution < -0.4 is 5.73 Å². The van der Waals surface area contributed by atoms with Gasteiger partial charge in [-0.25, -0.2) is 0 Å². The van der Waals surface area contributed by atoms with E-state index in [1.807, 2.05) is 0 Å². The molecule has 0 saturated carbocycles.